The number of amides is 2. The van der Waals surface area contributed by atoms with Crippen LogP contribution in [0, 0.1) is 0 Å². The molecule has 3 aromatic rings. The zero-order chi connectivity index (χ0) is 32.1. The first kappa shape index (κ1) is 31.6. The van der Waals surface area contributed by atoms with Gasteiger partial charge < -0.3 is 26.1 Å². The van der Waals surface area contributed by atoms with E-state index < -0.39 is 35.2 Å². The fourth-order valence-corrected chi connectivity index (χ4v) is 7.19. The number of carbonyl (C=O) groups excluding carboxylic acids is 2. The van der Waals surface area contributed by atoms with Gasteiger partial charge in [0.25, 0.3) is 11.8 Å². The number of carbonyl (C=O) groups is 4. The van der Waals surface area contributed by atoms with E-state index in [4.69, 9.17) is 10.6 Å². The summed E-state index contributed by atoms with van der Waals surface area (Å²) in [7, 11) is 1.34. The number of tetrazole rings is 1. The number of fused-ring (bicyclic) bond motifs is 1. The molecule has 17 nitrogen and oxygen atoms in total. The van der Waals surface area contributed by atoms with Crippen molar-refractivity contribution in [3.63, 3.8) is 0 Å². The molecule has 5 N–H and O–H groups in total. The third-order valence-electron chi connectivity index (χ3n) is 6.44. The lowest BCUT2D eigenvalue weighted by molar-refractivity contribution is -0.150. The van der Waals surface area contributed by atoms with E-state index in [2.05, 4.69) is 36.0 Å². The summed E-state index contributed by atoms with van der Waals surface area (Å²) >= 11 is 3.47. The van der Waals surface area contributed by atoms with Crippen LogP contribution in [-0.2, 0) is 37.2 Å². The number of nitrogens with one attached hydrogen (secondary N) is 1. The molecule has 234 valence electrons. The third-order valence-corrected chi connectivity index (χ3v) is 9.49. The van der Waals surface area contributed by atoms with Gasteiger partial charge in [0.1, 0.15) is 35.1 Å². The van der Waals surface area contributed by atoms with Gasteiger partial charge in [-0.05, 0) is 21.6 Å². The molecular formula is C25H24N10O7S3. The Balaban J connectivity index is 1.28. The van der Waals surface area contributed by atoms with Gasteiger partial charge >= 0.3 is 11.9 Å². The van der Waals surface area contributed by atoms with Crippen LogP contribution < -0.4 is 11.1 Å². The highest BCUT2D eigenvalue weighted by Crippen LogP contribution is 2.41. The molecule has 1 aromatic carbocycles. The highest BCUT2D eigenvalue weighted by molar-refractivity contribution is 8.01. The molecule has 0 aliphatic carbocycles. The number of aliphatic imine (C=N–C) groups is 1. The smallest absolute Gasteiger partial charge is 0.352 e. The number of aromatic nitrogens is 5. The number of carboxylic acids is 2. The van der Waals surface area contributed by atoms with Gasteiger partial charge in [0.15, 0.2) is 10.8 Å². The number of hydrogen-bond acceptors (Lipinski definition) is 15. The number of thioether (sulfide) groups is 2. The van der Waals surface area contributed by atoms with E-state index in [1.807, 2.05) is 30.3 Å². The maximum atomic E-state index is 13.3. The number of carboxylic acid groups (broad SMARTS) is 2. The summed E-state index contributed by atoms with van der Waals surface area (Å²) in [5.74, 6) is -3.54. The Morgan fingerprint density at radius 2 is 2.02 bits per heavy atom. The quantitative estimate of drug-likeness (QED) is 0.0828. The molecule has 0 radical (unpaired) electrons. The van der Waals surface area contributed by atoms with Gasteiger partial charge in [0.2, 0.25) is 5.16 Å². The summed E-state index contributed by atoms with van der Waals surface area (Å²) in [6.45, 7) is -0.108. The predicted molar refractivity (Wildman–Crippen MR) is 164 cm³/mol. The van der Waals surface area contributed by atoms with Crippen LogP contribution in [0.5, 0.6) is 0 Å². The van der Waals surface area contributed by atoms with E-state index in [0.29, 0.717) is 5.57 Å². The number of thiazole rings is 1. The lowest BCUT2D eigenvalue weighted by Gasteiger charge is -2.49. The van der Waals surface area contributed by atoms with Crippen LogP contribution in [0.3, 0.4) is 0 Å². The van der Waals surface area contributed by atoms with E-state index in [1.165, 1.54) is 28.9 Å². The number of rotatable bonds is 13. The minimum absolute atomic E-state index is 0.0820. The number of nitrogen functional groups attached to an aromatic ring is 1. The molecule has 4 heterocycles. The van der Waals surface area contributed by atoms with Gasteiger partial charge in [-0.2, -0.15) is 0 Å². The van der Waals surface area contributed by atoms with Crippen LogP contribution in [0.25, 0.3) is 0 Å². The molecule has 1 saturated heterocycles. The molecule has 20 heteroatoms. The highest BCUT2D eigenvalue weighted by atomic mass is 32.2. The van der Waals surface area contributed by atoms with Crippen LogP contribution in [0.4, 0.5) is 5.13 Å². The van der Waals surface area contributed by atoms with E-state index in [0.717, 1.165) is 33.6 Å². The van der Waals surface area contributed by atoms with E-state index in [1.54, 1.807) is 0 Å². The molecule has 0 spiro atoms. The second-order valence-corrected chi connectivity index (χ2v) is 12.2. The first-order chi connectivity index (χ1) is 21.7. The Morgan fingerprint density at radius 3 is 2.69 bits per heavy atom. The molecule has 0 saturated carbocycles. The second kappa shape index (κ2) is 13.9. The largest absolute Gasteiger partial charge is 0.477 e. The number of aliphatic carboxylic acids is 2. The summed E-state index contributed by atoms with van der Waals surface area (Å²) < 4.78 is 1.24. The van der Waals surface area contributed by atoms with Crippen molar-refractivity contribution in [3.05, 3.63) is 58.2 Å². The molecule has 2 aliphatic heterocycles. The molecule has 2 atom stereocenters. The van der Waals surface area contributed by atoms with Crippen molar-refractivity contribution in [1.82, 2.24) is 35.4 Å². The SMILES string of the molecule is CN=C(Cn1nnnc1SCC1=C(C(=O)O)N2C(=O)C(NC(=O)C(=NOCc3ccccc3)c3csc(N)n3)[C@@H]2SC1)C(=O)O. The molecule has 5 rings (SSSR count). The van der Waals surface area contributed by atoms with Crippen molar-refractivity contribution >= 4 is 75.2 Å². The number of benzene rings is 1. The molecule has 2 aromatic heterocycles. The lowest BCUT2D eigenvalue weighted by atomic mass is 10.0. The molecule has 1 unspecified atom stereocenters. The molecule has 0 bridgehead atoms. The molecular weight excluding hydrogens is 649 g/mol. The maximum absolute atomic E-state index is 13.3. The third kappa shape index (κ3) is 6.97. The molecule has 2 amide bonds. The average Bonchev–Trinajstić information content (AvgIpc) is 3.67. The van der Waals surface area contributed by atoms with Crippen molar-refractivity contribution in [2.75, 3.05) is 24.3 Å². The van der Waals surface area contributed by atoms with Crippen LogP contribution in [0.15, 0.2) is 62.3 Å². The second-order valence-electron chi connectivity index (χ2n) is 9.27. The van der Waals surface area contributed by atoms with Crippen molar-refractivity contribution in [3.8, 4) is 0 Å². The minimum atomic E-state index is -1.31. The van der Waals surface area contributed by atoms with Crippen LogP contribution >= 0.6 is 34.9 Å². The van der Waals surface area contributed by atoms with Crippen LogP contribution in [0.1, 0.15) is 11.3 Å². The summed E-state index contributed by atoms with van der Waals surface area (Å²) in [4.78, 5) is 64.6. The summed E-state index contributed by atoms with van der Waals surface area (Å²) in [6.07, 6.45) is 0. The maximum Gasteiger partial charge on any atom is 0.352 e. The van der Waals surface area contributed by atoms with Gasteiger partial charge in [-0.3, -0.25) is 19.5 Å². The number of hydrogen-bond donors (Lipinski definition) is 4. The van der Waals surface area contributed by atoms with Gasteiger partial charge in [-0.25, -0.2) is 19.3 Å². The van der Waals surface area contributed by atoms with Crippen LogP contribution in [0.2, 0.25) is 0 Å². The van der Waals surface area contributed by atoms with Crippen molar-refractivity contribution in [1.29, 1.82) is 0 Å². The molecule has 1 fully saturated rings. The fourth-order valence-electron chi connectivity index (χ4n) is 4.28. The number of β-lactam (4-membered cyclic amide) rings is 1. The standard InChI is InChI=1S/C25H24N10O7S3/c1-27-14(22(38)39)7-34-25(30-32-33-34)45-10-13-9-43-21-17(20(37)35(21)18(13)23(40)41)29-19(36)16(15-11-44-24(26)28-15)31-42-8-12-5-3-2-4-6-12/h2-6,11,17,21H,7-10H2,1H3,(H2,26,28)(H,29,36)(H,38,39)(H,40,41)/t17?,21-/m0/s1. The number of oxime groups is 1. The molecule has 2 aliphatic rings. The summed E-state index contributed by atoms with van der Waals surface area (Å²) in [5, 5.41) is 38.4. The first-order valence-corrected chi connectivity index (χ1v) is 15.8. The van der Waals surface area contributed by atoms with E-state index >= 15 is 0 Å². The monoisotopic (exact) mass is 672 g/mol. The average molecular weight is 673 g/mol. The Labute approximate surface area is 266 Å². The van der Waals surface area contributed by atoms with Gasteiger partial charge in [0.05, 0.1) is 6.54 Å². The van der Waals surface area contributed by atoms with Gasteiger partial charge in [-0.1, -0.05) is 47.2 Å². The lowest BCUT2D eigenvalue weighted by Crippen LogP contribution is -2.71. The van der Waals surface area contributed by atoms with Crippen molar-refractivity contribution in [2.24, 2.45) is 10.1 Å². The Morgan fingerprint density at radius 1 is 1.24 bits per heavy atom. The minimum Gasteiger partial charge on any atom is -0.477 e. The Hall–Kier alpha value is -4.82. The topological polar surface area (TPSA) is 240 Å². The van der Waals surface area contributed by atoms with Crippen molar-refractivity contribution in [2.45, 2.75) is 29.7 Å². The first-order valence-electron chi connectivity index (χ1n) is 12.9. The predicted octanol–water partition coefficient (Wildman–Crippen LogP) is 0.319. The summed E-state index contributed by atoms with van der Waals surface area (Å²) in [6, 6.07) is 8.15. The number of nitrogens with two attached hydrogens (primary N) is 1. The zero-order valence-electron chi connectivity index (χ0n) is 23.3. The summed E-state index contributed by atoms with van der Waals surface area (Å²) in [5.41, 5.74) is 6.62. The Kier molecular flexibility index (Phi) is 9.74. The van der Waals surface area contributed by atoms with Gasteiger partial charge in [0, 0.05) is 23.9 Å². The van der Waals surface area contributed by atoms with E-state index in [-0.39, 0.29) is 57.8 Å². The van der Waals surface area contributed by atoms with E-state index in [9.17, 15) is 29.4 Å². The number of anilines is 1. The van der Waals surface area contributed by atoms with Gasteiger partial charge in [-0.15, -0.1) is 28.2 Å². The van der Waals surface area contributed by atoms with Crippen LogP contribution in [-0.4, -0.2) is 105 Å². The molecule has 45 heavy (non-hydrogen) atoms. The Bertz CT molecular complexity index is 1720. The normalized spacial score (nSPS) is 18.3. The van der Waals surface area contributed by atoms with Crippen molar-refractivity contribution < 1.29 is 34.2 Å². The fraction of sp³-hybridized carbons (Fsp3) is 0.280. The highest BCUT2D eigenvalue weighted by Gasteiger charge is 2.54. The number of nitrogens with zero attached hydrogens (tertiary/aromatic N) is 8. The zero-order valence-corrected chi connectivity index (χ0v) is 25.7.